The van der Waals surface area contributed by atoms with Gasteiger partial charge in [-0.25, -0.2) is 8.42 Å². The number of carbonyl (C=O) groups is 1. The van der Waals surface area contributed by atoms with Crippen LogP contribution in [0, 0.1) is 11.3 Å². The maximum Gasteiger partial charge on any atom is 0.243 e. The molecule has 6 nitrogen and oxygen atoms in total. The van der Waals surface area contributed by atoms with E-state index >= 15 is 0 Å². The predicted octanol–water partition coefficient (Wildman–Crippen LogP) is 3.08. The zero-order chi connectivity index (χ0) is 21.6. The lowest BCUT2D eigenvalue weighted by molar-refractivity contribution is -0.121. The second-order valence-corrected chi connectivity index (χ2v) is 8.76. The molecule has 0 unspecified atom stereocenters. The zero-order valence-corrected chi connectivity index (χ0v) is 17.2. The molecule has 0 saturated carbocycles. The minimum Gasteiger partial charge on any atom is -0.344 e. The third-order valence-electron chi connectivity index (χ3n) is 4.63. The van der Waals surface area contributed by atoms with Crippen molar-refractivity contribution in [2.24, 2.45) is 0 Å². The number of nitrogens with one attached hydrogen (secondary N) is 1. The highest BCUT2D eigenvalue weighted by molar-refractivity contribution is 7.89. The number of amides is 1. The summed E-state index contributed by atoms with van der Waals surface area (Å²) in [7, 11) is -2.51. The molecule has 0 saturated heterocycles. The Morgan fingerprint density at radius 3 is 1.90 bits per heavy atom. The van der Waals surface area contributed by atoms with Gasteiger partial charge in [-0.2, -0.15) is 9.57 Å². The van der Waals surface area contributed by atoms with E-state index < -0.39 is 22.0 Å². The van der Waals surface area contributed by atoms with Gasteiger partial charge < -0.3 is 5.32 Å². The summed E-state index contributed by atoms with van der Waals surface area (Å²) in [6, 6.07) is 26.1. The van der Waals surface area contributed by atoms with Crippen LogP contribution in [0.15, 0.2) is 89.8 Å². The summed E-state index contributed by atoms with van der Waals surface area (Å²) in [6.07, 6.45) is 0. The van der Waals surface area contributed by atoms with Gasteiger partial charge in [-0.15, -0.1) is 0 Å². The van der Waals surface area contributed by atoms with Gasteiger partial charge in [0.15, 0.2) is 0 Å². The van der Waals surface area contributed by atoms with Crippen molar-refractivity contribution in [3.63, 3.8) is 0 Å². The van der Waals surface area contributed by atoms with Crippen LogP contribution in [0.25, 0.3) is 0 Å². The van der Waals surface area contributed by atoms with Crippen molar-refractivity contribution in [1.82, 2.24) is 9.62 Å². The third kappa shape index (κ3) is 4.92. The van der Waals surface area contributed by atoms with E-state index in [4.69, 9.17) is 5.26 Å². The van der Waals surface area contributed by atoms with Crippen LogP contribution >= 0.6 is 0 Å². The Morgan fingerprint density at radius 1 is 0.933 bits per heavy atom. The highest BCUT2D eigenvalue weighted by Crippen LogP contribution is 2.22. The number of nitriles is 1. The number of benzene rings is 3. The average Bonchev–Trinajstić information content (AvgIpc) is 2.78. The maximum absolute atomic E-state index is 12.8. The molecule has 0 fully saturated rings. The van der Waals surface area contributed by atoms with Gasteiger partial charge >= 0.3 is 0 Å². The standard InChI is InChI=1S/C23H21N3O3S/c1-26(30(28,29)21-14-12-18(16-24)13-15-21)17-22(27)25-23(19-8-4-2-5-9-19)20-10-6-3-7-11-20/h2-15,23H,17H2,1H3,(H,25,27). The van der Waals surface area contributed by atoms with E-state index in [1.165, 1.54) is 31.3 Å². The zero-order valence-electron chi connectivity index (χ0n) is 16.4. The molecule has 3 rings (SSSR count). The second kappa shape index (κ2) is 9.35. The van der Waals surface area contributed by atoms with Crippen molar-refractivity contribution in [1.29, 1.82) is 5.26 Å². The maximum atomic E-state index is 12.8. The Morgan fingerprint density at radius 2 is 1.43 bits per heavy atom. The van der Waals surface area contributed by atoms with Crippen LogP contribution < -0.4 is 5.32 Å². The van der Waals surface area contributed by atoms with Crippen LogP contribution in [0.1, 0.15) is 22.7 Å². The van der Waals surface area contributed by atoms with Gasteiger partial charge in [-0.3, -0.25) is 4.79 Å². The second-order valence-electron chi connectivity index (χ2n) is 6.72. The summed E-state index contributed by atoms with van der Waals surface area (Å²) in [6.45, 7) is -0.335. The summed E-state index contributed by atoms with van der Waals surface area (Å²) in [5.74, 6) is -0.424. The Kier molecular flexibility index (Phi) is 6.62. The topological polar surface area (TPSA) is 90.3 Å². The Bertz CT molecular complexity index is 1100. The summed E-state index contributed by atoms with van der Waals surface area (Å²) in [5, 5.41) is 11.8. The monoisotopic (exact) mass is 419 g/mol. The molecule has 0 atom stereocenters. The molecule has 1 N–H and O–H groups in total. The van der Waals surface area contributed by atoms with Gasteiger partial charge in [0.05, 0.1) is 29.1 Å². The molecular weight excluding hydrogens is 398 g/mol. The number of sulfonamides is 1. The molecule has 3 aromatic rings. The van der Waals surface area contributed by atoms with Crippen molar-refractivity contribution in [3.05, 3.63) is 102 Å². The molecule has 1 amide bonds. The molecular formula is C23H21N3O3S. The lowest BCUT2D eigenvalue weighted by Crippen LogP contribution is -2.40. The van der Waals surface area contributed by atoms with Crippen LogP contribution in [-0.4, -0.2) is 32.2 Å². The molecule has 152 valence electrons. The summed E-state index contributed by atoms with van der Waals surface area (Å²) in [5.41, 5.74) is 2.16. The molecule has 0 radical (unpaired) electrons. The highest BCUT2D eigenvalue weighted by atomic mass is 32.2. The van der Waals surface area contributed by atoms with Crippen LogP contribution in [0.5, 0.6) is 0 Å². The first-order valence-electron chi connectivity index (χ1n) is 9.27. The third-order valence-corrected chi connectivity index (χ3v) is 6.45. The number of hydrogen-bond acceptors (Lipinski definition) is 4. The normalized spacial score (nSPS) is 11.3. The van der Waals surface area contributed by atoms with E-state index in [0.717, 1.165) is 15.4 Å². The van der Waals surface area contributed by atoms with E-state index in [2.05, 4.69) is 5.32 Å². The van der Waals surface area contributed by atoms with Crippen LogP contribution in [-0.2, 0) is 14.8 Å². The number of rotatable bonds is 7. The molecule has 0 heterocycles. The molecule has 0 aliphatic rings. The molecule has 3 aromatic carbocycles. The molecule has 0 aromatic heterocycles. The molecule has 0 aliphatic heterocycles. The van der Waals surface area contributed by atoms with E-state index in [9.17, 15) is 13.2 Å². The first-order chi connectivity index (χ1) is 14.4. The van der Waals surface area contributed by atoms with Gasteiger partial charge in [0.25, 0.3) is 0 Å². The smallest absolute Gasteiger partial charge is 0.243 e. The first-order valence-corrected chi connectivity index (χ1v) is 10.7. The van der Waals surface area contributed by atoms with Gasteiger partial charge in [-0.1, -0.05) is 60.7 Å². The summed E-state index contributed by atoms with van der Waals surface area (Å²) >= 11 is 0. The van der Waals surface area contributed by atoms with E-state index in [-0.39, 0.29) is 11.4 Å². The number of nitrogens with zero attached hydrogens (tertiary/aromatic N) is 2. The van der Waals surface area contributed by atoms with Gasteiger partial charge in [0.1, 0.15) is 0 Å². The van der Waals surface area contributed by atoms with Crippen LogP contribution in [0.4, 0.5) is 0 Å². The van der Waals surface area contributed by atoms with Crippen molar-refractivity contribution >= 4 is 15.9 Å². The van der Waals surface area contributed by atoms with Gasteiger partial charge in [0.2, 0.25) is 15.9 Å². The SMILES string of the molecule is CN(CC(=O)NC(c1ccccc1)c1ccccc1)S(=O)(=O)c1ccc(C#N)cc1. The molecule has 0 bridgehead atoms. The fourth-order valence-corrected chi connectivity index (χ4v) is 4.15. The van der Waals surface area contributed by atoms with Crippen molar-refractivity contribution < 1.29 is 13.2 Å². The summed E-state index contributed by atoms with van der Waals surface area (Å²) in [4.78, 5) is 12.8. The molecule has 7 heteroatoms. The number of hydrogen-bond donors (Lipinski definition) is 1. The highest BCUT2D eigenvalue weighted by Gasteiger charge is 2.24. The largest absolute Gasteiger partial charge is 0.344 e. The lowest BCUT2D eigenvalue weighted by Gasteiger charge is -2.22. The Hall–Kier alpha value is -3.47. The van der Waals surface area contributed by atoms with Crippen molar-refractivity contribution in [2.75, 3.05) is 13.6 Å². The minimum absolute atomic E-state index is 0.0273. The van der Waals surface area contributed by atoms with Crippen molar-refractivity contribution in [3.8, 4) is 6.07 Å². The quantitative estimate of drug-likeness (QED) is 0.637. The van der Waals surface area contributed by atoms with E-state index in [1.54, 1.807) is 0 Å². The first kappa shape index (κ1) is 21.2. The fourth-order valence-electron chi connectivity index (χ4n) is 3.03. The minimum atomic E-state index is -3.86. The van der Waals surface area contributed by atoms with Crippen LogP contribution in [0.2, 0.25) is 0 Å². The Labute approximate surface area is 176 Å². The molecule has 0 spiro atoms. The average molecular weight is 420 g/mol. The fraction of sp³-hybridized carbons (Fsp3) is 0.130. The number of carbonyl (C=O) groups excluding carboxylic acids is 1. The molecule has 0 aliphatic carbocycles. The van der Waals surface area contributed by atoms with E-state index in [1.807, 2.05) is 66.7 Å². The van der Waals surface area contributed by atoms with Gasteiger partial charge in [0, 0.05) is 7.05 Å². The Balaban J connectivity index is 1.77. The number of likely N-dealkylation sites (N-methyl/N-ethyl adjacent to an activating group) is 1. The van der Waals surface area contributed by atoms with Crippen molar-refractivity contribution in [2.45, 2.75) is 10.9 Å². The van der Waals surface area contributed by atoms with Crippen LogP contribution in [0.3, 0.4) is 0 Å². The van der Waals surface area contributed by atoms with E-state index in [0.29, 0.717) is 5.56 Å². The summed E-state index contributed by atoms with van der Waals surface area (Å²) < 4.78 is 26.5. The van der Waals surface area contributed by atoms with Gasteiger partial charge in [-0.05, 0) is 35.4 Å². The predicted molar refractivity (Wildman–Crippen MR) is 114 cm³/mol. The molecule has 30 heavy (non-hydrogen) atoms. The lowest BCUT2D eigenvalue weighted by atomic mass is 9.99.